The predicted octanol–water partition coefficient (Wildman–Crippen LogP) is 4.50. The van der Waals surface area contributed by atoms with Crippen molar-refractivity contribution in [2.45, 2.75) is 19.9 Å². The lowest BCUT2D eigenvalue weighted by Gasteiger charge is -2.41. The zero-order chi connectivity index (χ0) is 17.1. The number of nitrogens with one attached hydrogen (secondary N) is 1. The quantitative estimate of drug-likeness (QED) is 0.822. The first-order valence-corrected chi connectivity index (χ1v) is 8.97. The van der Waals surface area contributed by atoms with Crippen LogP contribution in [0, 0.1) is 6.92 Å². The summed E-state index contributed by atoms with van der Waals surface area (Å²) < 4.78 is 1.00. The summed E-state index contributed by atoms with van der Waals surface area (Å²) in [7, 11) is 0. The number of halogens is 1. The molecule has 1 fully saturated rings. The number of benzene rings is 2. The van der Waals surface area contributed by atoms with Gasteiger partial charge in [0.2, 0.25) is 0 Å². The van der Waals surface area contributed by atoms with E-state index in [1.807, 2.05) is 29.2 Å². The number of piperazine rings is 1. The molecule has 4 nitrogen and oxygen atoms in total. The molecule has 5 heteroatoms. The highest BCUT2D eigenvalue weighted by Gasteiger charge is 2.26. The maximum Gasteiger partial charge on any atom is 0.321 e. The molecule has 0 spiro atoms. The molecule has 0 saturated carbocycles. The zero-order valence-corrected chi connectivity index (χ0v) is 15.6. The molecule has 1 unspecified atom stereocenters. The van der Waals surface area contributed by atoms with Gasteiger partial charge in [0, 0.05) is 41.5 Å². The third-order valence-electron chi connectivity index (χ3n) is 4.34. The van der Waals surface area contributed by atoms with Gasteiger partial charge < -0.3 is 15.1 Å². The minimum Gasteiger partial charge on any atom is -0.365 e. The van der Waals surface area contributed by atoms with Crippen LogP contribution >= 0.6 is 15.9 Å². The van der Waals surface area contributed by atoms with Gasteiger partial charge in [0.05, 0.1) is 0 Å². The van der Waals surface area contributed by atoms with E-state index in [4.69, 9.17) is 0 Å². The van der Waals surface area contributed by atoms with E-state index in [1.165, 1.54) is 11.3 Å². The minimum absolute atomic E-state index is 0.0342. The van der Waals surface area contributed by atoms with Crippen LogP contribution in [0.1, 0.15) is 12.5 Å². The molecule has 24 heavy (non-hydrogen) atoms. The van der Waals surface area contributed by atoms with Crippen molar-refractivity contribution in [1.82, 2.24) is 4.90 Å². The van der Waals surface area contributed by atoms with Crippen molar-refractivity contribution in [3.63, 3.8) is 0 Å². The lowest BCUT2D eigenvalue weighted by Crippen LogP contribution is -2.54. The van der Waals surface area contributed by atoms with Crippen LogP contribution in [0.15, 0.2) is 53.0 Å². The molecule has 2 aromatic carbocycles. The summed E-state index contributed by atoms with van der Waals surface area (Å²) in [4.78, 5) is 16.7. The number of aryl methyl sites for hydroxylation is 1. The molecule has 1 atom stereocenters. The number of urea groups is 1. The van der Waals surface area contributed by atoms with E-state index in [9.17, 15) is 4.79 Å². The lowest BCUT2D eigenvalue weighted by molar-refractivity contribution is 0.200. The number of amides is 2. The molecule has 2 amide bonds. The van der Waals surface area contributed by atoms with Crippen LogP contribution in [-0.4, -0.2) is 36.6 Å². The Hall–Kier alpha value is -2.01. The summed E-state index contributed by atoms with van der Waals surface area (Å²) in [6.07, 6.45) is 0. The first kappa shape index (κ1) is 16.8. The Morgan fingerprint density at radius 1 is 1.17 bits per heavy atom. The first-order valence-electron chi connectivity index (χ1n) is 8.18. The molecule has 1 aliphatic heterocycles. The van der Waals surface area contributed by atoms with Crippen LogP contribution in [0.3, 0.4) is 0 Å². The number of hydrogen-bond donors (Lipinski definition) is 1. The number of hydrogen-bond acceptors (Lipinski definition) is 2. The minimum atomic E-state index is -0.0342. The molecular weight excluding hydrogens is 366 g/mol. The van der Waals surface area contributed by atoms with Crippen LogP contribution in [-0.2, 0) is 0 Å². The molecule has 0 bridgehead atoms. The van der Waals surface area contributed by atoms with Crippen LogP contribution in [0.4, 0.5) is 16.2 Å². The van der Waals surface area contributed by atoms with E-state index in [2.05, 4.69) is 64.3 Å². The highest BCUT2D eigenvalue weighted by Crippen LogP contribution is 2.22. The molecule has 1 N–H and O–H groups in total. The van der Waals surface area contributed by atoms with E-state index >= 15 is 0 Å². The van der Waals surface area contributed by atoms with Crippen LogP contribution in [0.2, 0.25) is 0 Å². The number of rotatable bonds is 2. The zero-order valence-electron chi connectivity index (χ0n) is 14.0. The molecule has 1 saturated heterocycles. The van der Waals surface area contributed by atoms with Gasteiger partial charge in [-0.05, 0) is 55.8 Å². The summed E-state index contributed by atoms with van der Waals surface area (Å²) in [5.41, 5.74) is 3.31. The first-order chi connectivity index (χ1) is 11.5. The van der Waals surface area contributed by atoms with Gasteiger partial charge in [0.25, 0.3) is 0 Å². The highest BCUT2D eigenvalue weighted by molar-refractivity contribution is 9.10. The average molecular weight is 388 g/mol. The van der Waals surface area contributed by atoms with E-state index < -0.39 is 0 Å². The summed E-state index contributed by atoms with van der Waals surface area (Å²) in [6.45, 7) is 6.56. The molecular formula is C19H22BrN3O. The normalized spacial score (nSPS) is 17.7. The van der Waals surface area contributed by atoms with E-state index in [1.54, 1.807) is 0 Å². The predicted molar refractivity (Wildman–Crippen MR) is 103 cm³/mol. The van der Waals surface area contributed by atoms with Crippen LogP contribution in [0.5, 0.6) is 0 Å². The summed E-state index contributed by atoms with van der Waals surface area (Å²) >= 11 is 3.40. The second-order valence-corrected chi connectivity index (χ2v) is 7.18. The Labute approximate surface area is 151 Å². The third-order valence-corrected chi connectivity index (χ3v) is 4.87. The average Bonchev–Trinajstić information content (AvgIpc) is 2.57. The van der Waals surface area contributed by atoms with Gasteiger partial charge >= 0.3 is 6.03 Å². The lowest BCUT2D eigenvalue weighted by atomic mass is 10.1. The van der Waals surface area contributed by atoms with Gasteiger partial charge in [-0.15, -0.1) is 0 Å². The molecule has 0 aliphatic carbocycles. The van der Waals surface area contributed by atoms with Gasteiger partial charge in [-0.1, -0.05) is 28.1 Å². The maximum atomic E-state index is 12.5. The smallest absolute Gasteiger partial charge is 0.321 e. The summed E-state index contributed by atoms with van der Waals surface area (Å²) in [5, 5.41) is 2.97. The third kappa shape index (κ3) is 3.90. The van der Waals surface area contributed by atoms with Crippen molar-refractivity contribution in [2.75, 3.05) is 29.9 Å². The van der Waals surface area contributed by atoms with E-state index in [0.29, 0.717) is 0 Å². The Morgan fingerprint density at radius 3 is 2.58 bits per heavy atom. The van der Waals surface area contributed by atoms with Gasteiger partial charge in [0.1, 0.15) is 0 Å². The fraction of sp³-hybridized carbons (Fsp3) is 0.316. The van der Waals surface area contributed by atoms with Gasteiger partial charge in [-0.25, -0.2) is 4.79 Å². The number of carbonyl (C=O) groups is 1. The second kappa shape index (κ2) is 7.26. The molecule has 3 rings (SSSR count). The van der Waals surface area contributed by atoms with E-state index in [-0.39, 0.29) is 12.1 Å². The van der Waals surface area contributed by atoms with E-state index in [0.717, 1.165) is 29.8 Å². The monoisotopic (exact) mass is 387 g/mol. The SMILES string of the molecule is Cc1cccc(N2CCN(C(=O)Nc3ccc(Br)cc3)CC2C)c1. The second-order valence-electron chi connectivity index (χ2n) is 6.26. The van der Waals surface area contributed by atoms with Crippen molar-refractivity contribution in [1.29, 1.82) is 0 Å². The van der Waals surface area contributed by atoms with Crippen LogP contribution < -0.4 is 10.2 Å². The number of anilines is 2. The fourth-order valence-electron chi connectivity index (χ4n) is 3.07. The maximum absolute atomic E-state index is 12.5. The summed E-state index contributed by atoms with van der Waals surface area (Å²) in [6, 6.07) is 16.4. The summed E-state index contributed by atoms with van der Waals surface area (Å²) in [5.74, 6) is 0. The van der Waals surface area contributed by atoms with Crippen molar-refractivity contribution in [2.24, 2.45) is 0 Å². The molecule has 1 heterocycles. The molecule has 0 aromatic heterocycles. The highest BCUT2D eigenvalue weighted by atomic mass is 79.9. The molecule has 1 aliphatic rings. The topological polar surface area (TPSA) is 35.6 Å². The fourth-order valence-corrected chi connectivity index (χ4v) is 3.33. The van der Waals surface area contributed by atoms with Gasteiger partial charge in [0.15, 0.2) is 0 Å². The Morgan fingerprint density at radius 2 is 1.92 bits per heavy atom. The van der Waals surface area contributed by atoms with Crippen molar-refractivity contribution < 1.29 is 4.79 Å². The van der Waals surface area contributed by atoms with Gasteiger partial charge in [-0.2, -0.15) is 0 Å². The Balaban J connectivity index is 1.62. The van der Waals surface area contributed by atoms with Crippen molar-refractivity contribution in [3.05, 3.63) is 58.6 Å². The van der Waals surface area contributed by atoms with Crippen molar-refractivity contribution >= 4 is 33.3 Å². The molecule has 2 aromatic rings. The standard InChI is InChI=1S/C19H22BrN3O/c1-14-4-3-5-18(12-14)23-11-10-22(13-15(23)2)19(24)21-17-8-6-16(20)7-9-17/h3-9,12,15H,10-11,13H2,1-2H3,(H,21,24). The van der Waals surface area contributed by atoms with Gasteiger partial charge in [-0.3, -0.25) is 0 Å². The molecule has 0 radical (unpaired) electrons. The van der Waals surface area contributed by atoms with Crippen molar-refractivity contribution in [3.8, 4) is 0 Å². The number of carbonyl (C=O) groups excluding carboxylic acids is 1. The Kier molecular flexibility index (Phi) is 5.09. The largest absolute Gasteiger partial charge is 0.365 e. The number of nitrogens with zero attached hydrogens (tertiary/aromatic N) is 2. The van der Waals surface area contributed by atoms with Crippen LogP contribution in [0.25, 0.3) is 0 Å². The Bertz CT molecular complexity index is 717. The molecule has 126 valence electrons.